The van der Waals surface area contributed by atoms with Gasteiger partial charge in [-0.1, -0.05) is 36.4 Å². The zero-order valence-corrected chi connectivity index (χ0v) is 15.7. The molecule has 0 aliphatic heterocycles. The molecular weight excluding hydrogens is 350 g/mol. The van der Waals surface area contributed by atoms with Gasteiger partial charge in [-0.05, 0) is 37.1 Å². The van der Waals surface area contributed by atoms with Crippen LogP contribution in [0.25, 0.3) is 0 Å². The van der Waals surface area contributed by atoms with E-state index >= 15 is 0 Å². The van der Waals surface area contributed by atoms with Crippen molar-refractivity contribution in [3.05, 3.63) is 65.2 Å². The number of carboxylic acids is 1. The molecule has 0 bridgehead atoms. The van der Waals surface area contributed by atoms with Crippen molar-refractivity contribution in [3.8, 4) is 0 Å². The molecule has 0 aliphatic rings. The van der Waals surface area contributed by atoms with Gasteiger partial charge in [0.15, 0.2) is 0 Å². The maximum Gasteiger partial charge on any atom is 0.316 e. The highest BCUT2D eigenvalue weighted by molar-refractivity contribution is 8.00. The fourth-order valence-corrected chi connectivity index (χ4v) is 3.18. The third-order valence-electron chi connectivity index (χ3n) is 3.73. The lowest BCUT2D eigenvalue weighted by Crippen LogP contribution is -2.23. The highest BCUT2D eigenvalue weighted by Gasteiger charge is 2.17. The monoisotopic (exact) mass is 373 g/mol. The first-order valence-electron chi connectivity index (χ1n) is 8.43. The molecule has 2 rings (SSSR count). The van der Waals surface area contributed by atoms with E-state index in [4.69, 9.17) is 9.84 Å². The van der Waals surface area contributed by atoms with E-state index in [-0.39, 0.29) is 5.91 Å². The SMILES string of the molecule is CCOCc1ccc(CNC(=O)c2ccccc2SC(C)C(=O)O)cc1. The smallest absolute Gasteiger partial charge is 0.316 e. The Labute approximate surface area is 157 Å². The number of benzene rings is 2. The van der Waals surface area contributed by atoms with E-state index in [2.05, 4.69) is 5.32 Å². The fraction of sp³-hybridized carbons (Fsp3) is 0.300. The van der Waals surface area contributed by atoms with Crippen LogP contribution in [0.15, 0.2) is 53.4 Å². The van der Waals surface area contributed by atoms with Gasteiger partial charge in [0.1, 0.15) is 5.25 Å². The zero-order chi connectivity index (χ0) is 18.9. The van der Waals surface area contributed by atoms with Crippen molar-refractivity contribution in [2.24, 2.45) is 0 Å². The molecule has 0 saturated heterocycles. The molecule has 6 heteroatoms. The second-order valence-corrected chi connectivity index (χ2v) is 7.11. The van der Waals surface area contributed by atoms with Crippen LogP contribution >= 0.6 is 11.8 Å². The topological polar surface area (TPSA) is 75.6 Å². The van der Waals surface area contributed by atoms with Gasteiger partial charge in [0, 0.05) is 18.0 Å². The molecule has 0 fully saturated rings. The Morgan fingerprint density at radius 1 is 1.12 bits per heavy atom. The summed E-state index contributed by atoms with van der Waals surface area (Å²) in [5, 5.41) is 11.3. The van der Waals surface area contributed by atoms with E-state index in [0.29, 0.717) is 30.2 Å². The van der Waals surface area contributed by atoms with Gasteiger partial charge >= 0.3 is 5.97 Å². The lowest BCUT2D eigenvalue weighted by molar-refractivity contribution is -0.136. The van der Waals surface area contributed by atoms with Crippen molar-refractivity contribution in [3.63, 3.8) is 0 Å². The van der Waals surface area contributed by atoms with Crippen molar-refractivity contribution in [1.29, 1.82) is 0 Å². The van der Waals surface area contributed by atoms with Crippen molar-refractivity contribution < 1.29 is 19.4 Å². The number of rotatable bonds is 9. The van der Waals surface area contributed by atoms with Gasteiger partial charge in [0.2, 0.25) is 0 Å². The Morgan fingerprint density at radius 2 is 1.77 bits per heavy atom. The molecule has 0 heterocycles. The van der Waals surface area contributed by atoms with Gasteiger partial charge in [-0.25, -0.2) is 0 Å². The average Bonchev–Trinajstić information content (AvgIpc) is 2.65. The van der Waals surface area contributed by atoms with Crippen molar-refractivity contribution >= 4 is 23.6 Å². The summed E-state index contributed by atoms with van der Waals surface area (Å²) in [6.07, 6.45) is 0. The number of hydrogen-bond donors (Lipinski definition) is 2. The van der Waals surface area contributed by atoms with Crippen LogP contribution < -0.4 is 5.32 Å². The summed E-state index contributed by atoms with van der Waals surface area (Å²) in [7, 11) is 0. The Morgan fingerprint density at radius 3 is 2.42 bits per heavy atom. The zero-order valence-electron chi connectivity index (χ0n) is 14.9. The number of aliphatic carboxylic acids is 1. The maximum absolute atomic E-state index is 12.5. The lowest BCUT2D eigenvalue weighted by Gasteiger charge is -2.12. The largest absolute Gasteiger partial charge is 0.480 e. The van der Waals surface area contributed by atoms with Crippen LogP contribution in [-0.2, 0) is 22.7 Å². The quantitative estimate of drug-likeness (QED) is 0.655. The van der Waals surface area contributed by atoms with Gasteiger partial charge < -0.3 is 15.2 Å². The first-order chi connectivity index (χ1) is 12.5. The van der Waals surface area contributed by atoms with Gasteiger partial charge in [0.05, 0.1) is 12.2 Å². The highest BCUT2D eigenvalue weighted by Crippen LogP contribution is 2.27. The summed E-state index contributed by atoms with van der Waals surface area (Å²) < 4.78 is 5.36. The molecule has 5 nitrogen and oxygen atoms in total. The van der Waals surface area contributed by atoms with Gasteiger partial charge in [0.25, 0.3) is 5.91 Å². The first kappa shape index (κ1) is 20.0. The molecule has 26 heavy (non-hydrogen) atoms. The molecule has 2 aromatic rings. The van der Waals surface area contributed by atoms with E-state index in [1.165, 1.54) is 0 Å². The van der Waals surface area contributed by atoms with Gasteiger partial charge in [-0.3, -0.25) is 9.59 Å². The van der Waals surface area contributed by atoms with Crippen LogP contribution in [0, 0.1) is 0 Å². The van der Waals surface area contributed by atoms with E-state index in [1.54, 1.807) is 31.2 Å². The molecule has 138 valence electrons. The van der Waals surface area contributed by atoms with Crippen LogP contribution in [0.2, 0.25) is 0 Å². The molecule has 0 aromatic heterocycles. The minimum Gasteiger partial charge on any atom is -0.480 e. The molecule has 2 aromatic carbocycles. The van der Waals surface area contributed by atoms with Crippen LogP contribution in [0.5, 0.6) is 0 Å². The molecule has 0 saturated carbocycles. The Kier molecular flexibility index (Phi) is 7.69. The van der Waals surface area contributed by atoms with Crippen LogP contribution in [0.3, 0.4) is 0 Å². The third-order valence-corrected chi connectivity index (χ3v) is 4.90. The predicted octanol–water partition coefficient (Wildman–Crippen LogP) is 3.72. The summed E-state index contributed by atoms with van der Waals surface area (Å²) in [6.45, 7) is 5.22. The summed E-state index contributed by atoms with van der Waals surface area (Å²) in [5.41, 5.74) is 2.56. The third kappa shape index (κ3) is 5.89. The first-order valence-corrected chi connectivity index (χ1v) is 9.31. The minimum absolute atomic E-state index is 0.218. The normalized spacial score (nSPS) is 11.8. The van der Waals surface area contributed by atoms with E-state index in [9.17, 15) is 9.59 Å². The number of ether oxygens (including phenoxy) is 1. The molecule has 1 atom stereocenters. The molecule has 0 spiro atoms. The average molecular weight is 373 g/mol. The second kappa shape index (κ2) is 9.99. The number of carbonyl (C=O) groups is 2. The van der Waals surface area contributed by atoms with Crippen molar-refractivity contribution in [1.82, 2.24) is 5.32 Å². The van der Waals surface area contributed by atoms with E-state index < -0.39 is 11.2 Å². The van der Waals surface area contributed by atoms with Crippen molar-refractivity contribution in [2.45, 2.75) is 37.1 Å². The summed E-state index contributed by atoms with van der Waals surface area (Å²) in [5.74, 6) is -1.12. The summed E-state index contributed by atoms with van der Waals surface area (Å²) in [4.78, 5) is 24.2. The minimum atomic E-state index is -0.905. The standard InChI is InChI=1S/C20H23NO4S/c1-3-25-13-16-10-8-15(9-11-16)12-21-19(22)17-6-4-5-7-18(17)26-14(2)20(23)24/h4-11,14H,3,12-13H2,1-2H3,(H,21,22)(H,23,24). The molecule has 2 N–H and O–H groups in total. The van der Waals surface area contributed by atoms with E-state index in [1.807, 2.05) is 31.2 Å². The number of thioether (sulfide) groups is 1. The van der Waals surface area contributed by atoms with E-state index in [0.717, 1.165) is 22.9 Å². The Bertz CT molecular complexity index is 746. The number of nitrogens with one attached hydrogen (secondary N) is 1. The molecular formula is C20H23NO4S. The van der Waals surface area contributed by atoms with Gasteiger partial charge in [-0.2, -0.15) is 0 Å². The fourth-order valence-electron chi connectivity index (χ4n) is 2.25. The Balaban J connectivity index is 1.98. The summed E-state index contributed by atoms with van der Waals surface area (Å²) >= 11 is 1.16. The maximum atomic E-state index is 12.5. The second-order valence-electron chi connectivity index (χ2n) is 5.73. The highest BCUT2D eigenvalue weighted by atomic mass is 32.2. The predicted molar refractivity (Wildman–Crippen MR) is 102 cm³/mol. The number of carbonyl (C=O) groups excluding carboxylic acids is 1. The number of hydrogen-bond acceptors (Lipinski definition) is 4. The van der Waals surface area contributed by atoms with Crippen LogP contribution in [0.4, 0.5) is 0 Å². The van der Waals surface area contributed by atoms with Crippen molar-refractivity contribution in [2.75, 3.05) is 6.61 Å². The molecule has 0 radical (unpaired) electrons. The molecule has 1 unspecified atom stereocenters. The number of amides is 1. The Hall–Kier alpha value is -2.31. The molecule has 0 aliphatic carbocycles. The lowest BCUT2D eigenvalue weighted by atomic mass is 10.1. The van der Waals surface area contributed by atoms with Crippen LogP contribution in [-0.4, -0.2) is 28.8 Å². The molecule has 1 amide bonds. The summed E-state index contributed by atoms with van der Waals surface area (Å²) in [6, 6.07) is 14.9. The van der Waals surface area contributed by atoms with Crippen LogP contribution in [0.1, 0.15) is 35.3 Å². The number of carboxylic acid groups (broad SMARTS) is 1. The van der Waals surface area contributed by atoms with Gasteiger partial charge in [-0.15, -0.1) is 11.8 Å².